The number of hydrogen-bond donors (Lipinski definition) is 6. The number of ketones is 2. The molecule has 23 heteroatoms. The van der Waals surface area contributed by atoms with Crippen LogP contribution in [0.1, 0.15) is 44.9 Å². The summed E-state index contributed by atoms with van der Waals surface area (Å²) in [5, 5.41) is 30.0. The molecular formula is C31H49ClFN9O11Pb. The van der Waals surface area contributed by atoms with Gasteiger partial charge in [0, 0.05) is 38.8 Å². The van der Waals surface area contributed by atoms with Gasteiger partial charge in [0.05, 0.1) is 48.4 Å². The Hall–Kier alpha value is -3.65. The summed E-state index contributed by atoms with van der Waals surface area (Å²) in [4.78, 5) is 73.6. The number of ether oxygens (including phenoxy) is 3. The number of nitrogens with one attached hydrogen (secondary N) is 4. The average Bonchev–Trinajstić information content (AvgIpc) is 3.15. The molecule has 0 fully saturated rings. The van der Waals surface area contributed by atoms with Gasteiger partial charge in [-0.1, -0.05) is 0 Å². The number of benzene rings is 1. The summed E-state index contributed by atoms with van der Waals surface area (Å²) < 4.78 is 31.1. The topological polar surface area (TPSA) is 295 Å². The predicted octanol–water partition coefficient (Wildman–Crippen LogP) is 0.656. The Labute approximate surface area is 330 Å². The molecule has 2 radical (unpaired) electrons. The van der Waals surface area contributed by atoms with Gasteiger partial charge in [-0.2, -0.15) is 0 Å². The first-order valence-electron chi connectivity index (χ1n) is 17.1. The number of nitrogens with two attached hydrogens (primary N) is 2. The molecule has 0 aliphatic heterocycles. The molecule has 0 aliphatic rings. The molecule has 0 saturated carbocycles. The van der Waals surface area contributed by atoms with E-state index in [1.807, 2.05) is 0 Å². The predicted molar refractivity (Wildman–Crippen MR) is 198 cm³/mol. The Balaban J connectivity index is 2.07. The first kappa shape index (κ1) is 48.4. The summed E-state index contributed by atoms with van der Waals surface area (Å²) in [7, 11) is 0. The number of hydrogen-bond acceptors (Lipinski definition) is 14. The third-order valence-corrected chi connectivity index (χ3v) is 9.04. The van der Waals surface area contributed by atoms with Crippen LogP contribution in [-0.4, -0.2) is 142 Å². The Morgan fingerprint density at radius 1 is 0.926 bits per heavy atom. The van der Waals surface area contributed by atoms with Gasteiger partial charge in [-0.15, -0.1) is 0 Å². The Bertz CT molecular complexity index is 1380. The van der Waals surface area contributed by atoms with Crippen LogP contribution in [0.5, 0.6) is 0 Å². The van der Waals surface area contributed by atoms with Crippen molar-refractivity contribution in [2.45, 2.75) is 51.0 Å². The summed E-state index contributed by atoms with van der Waals surface area (Å²) in [6, 6.07) is 2.39. The quantitative estimate of drug-likeness (QED) is 0.0110. The van der Waals surface area contributed by atoms with Crippen LogP contribution in [0.3, 0.4) is 0 Å². The van der Waals surface area contributed by atoms with Crippen molar-refractivity contribution in [3.05, 3.63) is 38.4 Å². The molecule has 2 amide bonds. The number of guanidine groups is 1. The average molecular weight is 985 g/mol. The molecule has 20 nitrogen and oxygen atoms in total. The zero-order chi connectivity index (χ0) is 40.1. The molecule has 0 spiro atoms. The molecule has 1 aromatic carbocycles. The summed E-state index contributed by atoms with van der Waals surface area (Å²) in [6.45, 7) is 2.77. The first-order valence-corrected chi connectivity index (χ1v) is 21.1. The molecule has 302 valence electrons. The number of aliphatic imine (C=N–C) groups is 1. The monoisotopic (exact) mass is 985 g/mol. The van der Waals surface area contributed by atoms with Gasteiger partial charge in [0.1, 0.15) is 5.69 Å². The summed E-state index contributed by atoms with van der Waals surface area (Å²) >= 11 is 3.26. The number of anilines is 1. The second-order valence-corrected chi connectivity index (χ2v) is 13.5. The fraction of sp³-hybridized carbons (Fsp3) is 0.645. The summed E-state index contributed by atoms with van der Waals surface area (Å²) in [6.07, 6.45) is 1.79. The van der Waals surface area contributed by atoms with Gasteiger partial charge in [-0.05, 0) is 25.3 Å². The Kier molecular flexibility index (Phi) is 26.6. The minimum atomic E-state index is -2.42. The van der Waals surface area contributed by atoms with E-state index >= 15 is 0 Å². The zero-order valence-electron chi connectivity index (χ0n) is 29.9. The van der Waals surface area contributed by atoms with Gasteiger partial charge in [0.25, 0.3) is 11.4 Å². The first-order chi connectivity index (χ1) is 25.9. The second-order valence-electron chi connectivity index (χ2n) is 11.6. The second kappa shape index (κ2) is 29.7. The van der Waals surface area contributed by atoms with Crippen LogP contribution < -0.4 is 30.5 Å². The van der Waals surface area contributed by atoms with Crippen molar-refractivity contribution in [3.63, 3.8) is 0 Å². The molecule has 1 aromatic rings. The van der Waals surface area contributed by atoms with Crippen molar-refractivity contribution in [1.82, 2.24) is 13.8 Å². The van der Waals surface area contributed by atoms with Crippen molar-refractivity contribution in [3.8, 4) is 0 Å². The number of nitro benzene ring substituents is 2. The van der Waals surface area contributed by atoms with Crippen molar-refractivity contribution < 1.29 is 45.7 Å². The summed E-state index contributed by atoms with van der Waals surface area (Å²) in [5.74, 6) is -2.48. The Morgan fingerprint density at radius 2 is 1.57 bits per heavy atom. The van der Waals surface area contributed by atoms with E-state index in [4.69, 9.17) is 37.3 Å². The third-order valence-electron chi connectivity index (χ3n) is 7.41. The van der Waals surface area contributed by atoms with Crippen LogP contribution in [0.2, 0.25) is 0 Å². The minimum absolute atomic E-state index is 0.00132. The maximum atomic E-state index is 12.4. The van der Waals surface area contributed by atoms with E-state index in [0.717, 1.165) is 6.07 Å². The van der Waals surface area contributed by atoms with E-state index in [2.05, 4.69) is 24.1 Å². The van der Waals surface area contributed by atoms with Gasteiger partial charge in [-0.25, -0.2) is 0 Å². The number of amides is 2. The number of carbonyl (C=O) groups excluding carboxylic acids is 4. The molecule has 0 bridgehead atoms. The van der Waals surface area contributed by atoms with Crippen LogP contribution >= 0.6 is 11.6 Å². The number of non-ortho nitro benzene ring substituents is 1. The standard InChI is InChI=1S/C31H50ClN9O11.FH.Pb/c32-20-28(43)22(4-1-9-38-31(34)35)18-24(42)21-39-30(45)25(33)6-8-29(44)37-11-3-13-51-15-17-52-16-14-50-12-2-10-36-26-7-5-23(40(46)47)19-27(26)41(48)49;;/h5,7,19,22,25,36H,1-4,6,8-18,20-21,33H2,(H6,34,35,37,38,39,44,45);1H;/q;;+2/p-2/t22-,25+;;/m1../s1. The normalized spacial score (nSPS) is 12.4. The molecule has 0 aromatic heterocycles. The SMILES string of the molecule is NC(=NCCC[C@H](CC(=O)CNC(=O)[C@@H](N)CCC(=O)NCCCOCCOCCOCCCNc1ccc([N+](=O)[O-])cc1[N+](=O)[O-])C(=O)CCl)[NH][Pb][F]. The van der Waals surface area contributed by atoms with Gasteiger partial charge in [-0.3, -0.25) is 29.8 Å². The number of rotatable bonds is 32. The van der Waals surface area contributed by atoms with Crippen molar-refractivity contribution in [2.24, 2.45) is 22.4 Å². The zero-order valence-corrected chi connectivity index (χ0v) is 34.5. The molecule has 0 aliphatic carbocycles. The van der Waals surface area contributed by atoms with Gasteiger partial charge in [0.2, 0.25) is 5.91 Å². The Morgan fingerprint density at radius 3 is 2.19 bits per heavy atom. The van der Waals surface area contributed by atoms with Gasteiger partial charge >= 0.3 is 136 Å². The molecule has 54 heavy (non-hydrogen) atoms. The molecular weight excluding hydrogens is 936 g/mol. The van der Waals surface area contributed by atoms with Crippen LogP contribution in [0.25, 0.3) is 0 Å². The third kappa shape index (κ3) is 22.5. The number of nitro groups is 2. The van der Waals surface area contributed by atoms with E-state index in [0.29, 0.717) is 78.4 Å². The fourth-order valence-electron chi connectivity index (χ4n) is 4.56. The van der Waals surface area contributed by atoms with Crippen LogP contribution in [0, 0.1) is 26.1 Å². The maximum absolute atomic E-state index is 12.4. The van der Waals surface area contributed by atoms with E-state index in [1.165, 1.54) is 12.1 Å². The van der Waals surface area contributed by atoms with Crippen LogP contribution in [0.4, 0.5) is 19.6 Å². The van der Waals surface area contributed by atoms with Crippen LogP contribution in [-0.2, 0) is 33.4 Å². The number of halogens is 2. The number of Topliss-reactive ketones (excluding diaryl/α,β-unsaturated/α-hetero) is 2. The number of alkyl halides is 1. The molecule has 2 atom stereocenters. The van der Waals surface area contributed by atoms with Crippen LogP contribution in [0.15, 0.2) is 23.2 Å². The van der Waals surface area contributed by atoms with E-state index in [1.54, 1.807) is 0 Å². The molecule has 1 rings (SSSR count). The molecule has 0 saturated heterocycles. The van der Waals surface area contributed by atoms with Crippen molar-refractivity contribution >= 4 is 83.2 Å². The summed E-state index contributed by atoms with van der Waals surface area (Å²) in [5.41, 5.74) is 10.8. The van der Waals surface area contributed by atoms with E-state index in [9.17, 15) is 41.9 Å². The molecule has 0 unspecified atom stereocenters. The van der Waals surface area contributed by atoms with E-state index in [-0.39, 0.29) is 78.7 Å². The van der Waals surface area contributed by atoms with Gasteiger partial charge in [0.15, 0.2) is 0 Å². The van der Waals surface area contributed by atoms with Gasteiger partial charge < -0.3 is 30.6 Å². The van der Waals surface area contributed by atoms with E-state index < -0.39 is 52.9 Å². The van der Waals surface area contributed by atoms with Crippen molar-refractivity contribution in [2.75, 3.05) is 77.0 Å². The number of nitrogens with zero attached hydrogens (tertiary/aromatic N) is 3. The fourth-order valence-corrected chi connectivity index (χ4v) is 5.46. The van der Waals surface area contributed by atoms with Crippen molar-refractivity contribution in [1.29, 1.82) is 0 Å². The molecule has 0 heterocycles. The number of carbonyl (C=O) groups is 4. The molecule has 8 N–H and O–H groups in total.